The normalized spacial score (nSPS) is 11.2. The lowest BCUT2D eigenvalue weighted by molar-refractivity contribution is -0.143. The van der Waals surface area contributed by atoms with Crippen LogP contribution in [0.5, 0.6) is 11.5 Å². The van der Waals surface area contributed by atoms with E-state index in [4.69, 9.17) is 25.8 Å². The summed E-state index contributed by atoms with van der Waals surface area (Å²) in [5.41, 5.74) is 1.72. The van der Waals surface area contributed by atoms with Crippen LogP contribution in [0.2, 0.25) is 5.02 Å². The first-order valence-electron chi connectivity index (χ1n) is 12.5. The smallest absolute Gasteiger partial charge is 0.433 e. The van der Waals surface area contributed by atoms with Gasteiger partial charge in [-0.05, 0) is 56.5 Å². The minimum Gasteiger partial charge on any atom is -0.496 e. The van der Waals surface area contributed by atoms with Crippen molar-refractivity contribution >= 4 is 23.5 Å². The fraction of sp³-hybridized carbons (Fsp3) is 0.345. The maximum absolute atomic E-state index is 13.4. The molecular formula is C29H30ClF3N2O5. The van der Waals surface area contributed by atoms with Gasteiger partial charge < -0.3 is 19.5 Å². The monoisotopic (exact) mass is 578 g/mol. The second-order valence-corrected chi connectivity index (χ2v) is 9.31. The van der Waals surface area contributed by atoms with Crippen LogP contribution >= 0.6 is 11.6 Å². The van der Waals surface area contributed by atoms with Crippen LogP contribution in [0.4, 0.5) is 13.2 Å². The van der Waals surface area contributed by atoms with Gasteiger partial charge in [0.2, 0.25) is 0 Å². The molecule has 1 N–H and O–H groups in total. The molecule has 3 aromatic rings. The van der Waals surface area contributed by atoms with Gasteiger partial charge in [0, 0.05) is 41.9 Å². The number of benzene rings is 2. The summed E-state index contributed by atoms with van der Waals surface area (Å²) in [6.07, 6.45) is -3.05. The average molecular weight is 579 g/mol. The van der Waals surface area contributed by atoms with Crippen molar-refractivity contribution in [3.8, 4) is 22.6 Å². The number of nitrogens with zero attached hydrogens (tertiary/aromatic N) is 1. The van der Waals surface area contributed by atoms with Crippen molar-refractivity contribution in [2.75, 3.05) is 20.3 Å². The van der Waals surface area contributed by atoms with Crippen LogP contribution in [-0.2, 0) is 22.3 Å². The Labute approximate surface area is 235 Å². The number of aromatic nitrogens is 1. The number of halogens is 4. The first kappa shape index (κ1) is 30.7. The number of aryl methyl sites for hydroxylation is 2. The number of alkyl halides is 3. The van der Waals surface area contributed by atoms with Crippen LogP contribution in [0, 0.1) is 13.8 Å². The summed E-state index contributed by atoms with van der Waals surface area (Å²) in [5.74, 6) is -0.0978. The molecule has 0 bridgehead atoms. The highest BCUT2D eigenvalue weighted by Gasteiger charge is 2.33. The van der Waals surface area contributed by atoms with E-state index in [0.717, 1.165) is 23.4 Å². The van der Waals surface area contributed by atoms with Gasteiger partial charge in [-0.1, -0.05) is 23.7 Å². The summed E-state index contributed by atoms with van der Waals surface area (Å²) in [6.45, 7) is 5.63. The van der Waals surface area contributed by atoms with Gasteiger partial charge in [-0.25, -0.2) is 0 Å². The molecule has 0 aliphatic heterocycles. The van der Waals surface area contributed by atoms with Crippen molar-refractivity contribution in [2.24, 2.45) is 0 Å². The van der Waals surface area contributed by atoms with Gasteiger partial charge in [0.15, 0.2) is 0 Å². The lowest BCUT2D eigenvalue weighted by Gasteiger charge is -2.17. The Morgan fingerprint density at radius 2 is 1.80 bits per heavy atom. The molecule has 1 aromatic heterocycles. The average Bonchev–Trinajstić information content (AvgIpc) is 2.90. The predicted octanol–water partition coefficient (Wildman–Crippen LogP) is 6.70. The van der Waals surface area contributed by atoms with E-state index in [9.17, 15) is 22.8 Å². The van der Waals surface area contributed by atoms with Gasteiger partial charge >= 0.3 is 12.1 Å². The minimum absolute atomic E-state index is 0.0985. The fourth-order valence-corrected chi connectivity index (χ4v) is 4.30. The number of rotatable bonds is 11. The molecule has 0 aliphatic carbocycles. The molecule has 3 rings (SSSR count). The molecule has 7 nitrogen and oxygen atoms in total. The van der Waals surface area contributed by atoms with Gasteiger partial charge in [0.25, 0.3) is 5.91 Å². The third-order valence-electron chi connectivity index (χ3n) is 6.11. The molecule has 1 amide bonds. The molecule has 11 heteroatoms. The Morgan fingerprint density at radius 1 is 1.05 bits per heavy atom. The van der Waals surface area contributed by atoms with Crippen molar-refractivity contribution in [3.05, 3.63) is 75.6 Å². The molecule has 0 saturated heterocycles. The summed E-state index contributed by atoms with van der Waals surface area (Å²) < 4.78 is 55.6. The number of ether oxygens (including phenoxy) is 3. The summed E-state index contributed by atoms with van der Waals surface area (Å²) in [6, 6.07) is 9.34. The number of carbonyl (C=O) groups excluding carboxylic acids is 2. The Kier molecular flexibility index (Phi) is 10.4. The van der Waals surface area contributed by atoms with Gasteiger partial charge in [0.05, 0.1) is 30.9 Å². The molecule has 0 aliphatic rings. The van der Waals surface area contributed by atoms with Gasteiger partial charge in [-0.3, -0.25) is 14.6 Å². The highest BCUT2D eigenvalue weighted by Crippen LogP contribution is 2.37. The van der Waals surface area contributed by atoms with E-state index in [1.165, 1.54) is 26.2 Å². The zero-order valence-electron chi connectivity index (χ0n) is 22.6. The number of amides is 1. The Bertz CT molecular complexity index is 1380. The highest BCUT2D eigenvalue weighted by atomic mass is 35.5. The summed E-state index contributed by atoms with van der Waals surface area (Å²) in [4.78, 5) is 28.6. The lowest BCUT2D eigenvalue weighted by atomic mass is 9.99. The van der Waals surface area contributed by atoms with Gasteiger partial charge in [0.1, 0.15) is 17.2 Å². The molecule has 0 atom stereocenters. The van der Waals surface area contributed by atoms with Gasteiger partial charge in [-0.2, -0.15) is 13.2 Å². The highest BCUT2D eigenvalue weighted by molar-refractivity contribution is 6.33. The Morgan fingerprint density at radius 3 is 2.45 bits per heavy atom. The summed E-state index contributed by atoms with van der Waals surface area (Å²) >= 11 is 6.53. The lowest BCUT2D eigenvalue weighted by Crippen LogP contribution is -2.24. The minimum atomic E-state index is -4.60. The second-order valence-electron chi connectivity index (χ2n) is 8.91. The zero-order chi connectivity index (χ0) is 29.4. The number of pyridine rings is 1. The van der Waals surface area contributed by atoms with E-state index >= 15 is 0 Å². The molecule has 214 valence electrons. The van der Waals surface area contributed by atoms with E-state index in [1.54, 1.807) is 13.0 Å². The molecule has 0 fully saturated rings. The summed E-state index contributed by atoms with van der Waals surface area (Å²) in [7, 11) is 1.54. The summed E-state index contributed by atoms with van der Waals surface area (Å²) in [5, 5.41) is 3.01. The molecule has 0 saturated carbocycles. The quantitative estimate of drug-likeness (QED) is 0.201. The van der Waals surface area contributed by atoms with E-state index in [0.29, 0.717) is 23.3 Å². The zero-order valence-corrected chi connectivity index (χ0v) is 23.3. The molecular weight excluding hydrogens is 549 g/mol. The van der Waals surface area contributed by atoms with Crippen LogP contribution in [0.25, 0.3) is 11.1 Å². The maximum Gasteiger partial charge on any atom is 0.433 e. The van der Waals surface area contributed by atoms with Crippen molar-refractivity contribution in [1.29, 1.82) is 0 Å². The van der Waals surface area contributed by atoms with Crippen LogP contribution in [0.1, 0.15) is 52.5 Å². The van der Waals surface area contributed by atoms with E-state index < -0.39 is 17.8 Å². The second kappa shape index (κ2) is 13.5. The Hall–Kier alpha value is -3.79. The van der Waals surface area contributed by atoms with Crippen molar-refractivity contribution in [3.63, 3.8) is 0 Å². The number of nitrogens with one attached hydrogen (secondary N) is 1. The maximum atomic E-state index is 13.4. The molecule has 2 aromatic carbocycles. The van der Waals surface area contributed by atoms with Crippen molar-refractivity contribution in [1.82, 2.24) is 10.3 Å². The third kappa shape index (κ3) is 7.65. The topological polar surface area (TPSA) is 86.8 Å². The number of hydrogen-bond donors (Lipinski definition) is 1. The van der Waals surface area contributed by atoms with E-state index in [-0.39, 0.29) is 54.0 Å². The SMILES string of the molecule is CCOC(=O)CCCOc1cc(Cl)c(-c2cnc(C(F)(F)F)cc2C)cc1C(=O)NCc1c(C)cccc1OC. The largest absolute Gasteiger partial charge is 0.496 e. The molecule has 40 heavy (non-hydrogen) atoms. The van der Waals surface area contributed by atoms with E-state index in [2.05, 4.69) is 10.3 Å². The van der Waals surface area contributed by atoms with E-state index in [1.807, 2.05) is 19.1 Å². The number of hydrogen-bond acceptors (Lipinski definition) is 6. The predicted molar refractivity (Wildman–Crippen MR) is 145 cm³/mol. The third-order valence-corrected chi connectivity index (χ3v) is 6.42. The van der Waals surface area contributed by atoms with Crippen molar-refractivity contribution < 1.29 is 37.0 Å². The van der Waals surface area contributed by atoms with Crippen LogP contribution < -0.4 is 14.8 Å². The Balaban J connectivity index is 1.95. The molecule has 1 heterocycles. The molecule has 0 spiro atoms. The molecule has 0 unspecified atom stereocenters. The van der Waals surface area contributed by atoms with Crippen LogP contribution in [-0.4, -0.2) is 37.2 Å². The van der Waals surface area contributed by atoms with Crippen LogP contribution in [0.15, 0.2) is 42.6 Å². The first-order chi connectivity index (χ1) is 19.0. The van der Waals surface area contributed by atoms with Crippen molar-refractivity contribution in [2.45, 2.75) is 46.3 Å². The number of esters is 1. The number of carbonyl (C=O) groups is 2. The number of methoxy groups -OCH3 is 1. The van der Waals surface area contributed by atoms with Crippen LogP contribution in [0.3, 0.4) is 0 Å². The van der Waals surface area contributed by atoms with Gasteiger partial charge in [-0.15, -0.1) is 0 Å². The fourth-order valence-electron chi connectivity index (χ4n) is 4.04. The first-order valence-corrected chi connectivity index (χ1v) is 12.9. The molecule has 0 radical (unpaired) electrons. The standard InChI is InChI=1S/C29H30ClF3N2O5/c1-5-39-27(36)10-7-11-40-25-14-23(30)19(21-15-34-26(12-18(21)3)29(31,32)33)13-20(25)28(37)35-16-22-17(2)8-6-9-24(22)38-4/h6,8-9,12-15H,5,7,10-11,16H2,1-4H3,(H,35,37).